The quantitative estimate of drug-likeness (QED) is 0.0995. The lowest BCUT2D eigenvalue weighted by Crippen LogP contribution is -2.14. The first-order chi connectivity index (χ1) is 37.5. The highest BCUT2D eigenvalue weighted by Gasteiger charge is 2.26. The molecule has 0 atom stereocenters. The van der Waals surface area contributed by atoms with Gasteiger partial charge in [0.05, 0.1) is 22.7 Å². The van der Waals surface area contributed by atoms with Crippen molar-refractivity contribution >= 4 is 66.4 Å². The average molecular weight is 1050 g/mol. The van der Waals surface area contributed by atoms with E-state index in [2.05, 4.69) is 0 Å². The maximum atomic E-state index is 16.8. The number of hydrogen-bond donors (Lipinski definition) is 0. The van der Waals surface area contributed by atoms with Crippen molar-refractivity contribution in [3.05, 3.63) is 263 Å². The highest BCUT2D eigenvalue weighted by Crippen LogP contribution is 2.50. The van der Waals surface area contributed by atoms with E-state index in [0.717, 1.165) is 83.6 Å². The number of halogens is 10. The van der Waals surface area contributed by atoms with Gasteiger partial charge in [0.2, 0.25) is 0 Å². The van der Waals surface area contributed by atoms with Crippen LogP contribution in [-0.2, 0) is 0 Å². The molecule has 0 fully saturated rings. The van der Waals surface area contributed by atoms with Crippen molar-refractivity contribution < 1.29 is 43.9 Å². The van der Waals surface area contributed by atoms with Crippen molar-refractivity contribution in [2.45, 2.75) is 13.8 Å². The summed E-state index contributed by atoms with van der Waals surface area (Å²) in [7, 11) is 0. The zero-order valence-electron chi connectivity index (χ0n) is 41.1. The van der Waals surface area contributed by atoms with Gasteiger partial charge in [-0.15, -0.1) is 0 Å². The second-order valence-corrected chi connectivity index (χ2v) is 19.3. The molecule has 78 heavy (non-hydrogen) atoms. The molecule has 0 saturated carbocycles. The fourth-order valence-corrected chi connectivity index (χ4v) is 10.6. The van der Waals surface area contributed by atoms with Crippen LogP contribution >= 0.6 is 0 Å². The smallest absolute Gasteiger partial charge is 0.147 e. The minimum Gasteiger partial charge on any atom is -0.307 e. The van der Waals surface area contributed by atoms with Crippen LogP contribution < -0.4 is 9.80 Å². The van der Waals surface area contributed by atoms with Crippen LogP contribution in [0.1, 0.15) is 11.1 Å². The van der Waals surface area contributed by atoms with Gasteiger partial charge in [0.15, 0.2) is 0 Å². The molecule has 0 radical (unpaired) electrons. The first kappa shape index (κ1) is 49.5. The van der Waals surface area contributed by atoms with E-state index in [0.29, 0.717) is 44.0 Å². The topological polar surface area (TPSA) is 6.48 Å². The molecule has 0 N–H and O–H groups in total. The Labute approximate surface area is 440 Å². The fourth-order valence-electron chi connectivity index (χ4n) is 10.6. The zero-order chi connectivity index (χ0) is 54.3. The monoisotopic (exact) mass is 1050 g/mol. The second kappa shape index (κ2) is 19.3. The number of rotatable bonds is 10. The van der Waals surface area contributed by atoms with Crippen LogP contribution in [0.15, 0.2) is 194 Å². The molecule has 0 unspecified atom stereocenters. The van der Waals surface area contributed by atoms with Gasteiger partial charge in [0.1, 0.15) is 58.2 Å². The summed E-state index contributed by atoms with van der Waals surface area (Å²) in [6.07, 6.45) is 0. The van der Waals surface area contributed by atoms with Gasteiger partial charge in [-0.1, -0.05) is 48.5 Å². The average Bonchev–Trinajstić information content (AvgIpc) is 3.47. The first-order valence-electron chi connectivity index (χ1n) is 24.5. The molecule has 382 valence electrons. The summed E-state index contributed by atoms with van der Waals surface area (Å²) < 4.78 is 153. The van der Waals surface area contributed by atoms with Gasteiger partial charge < -0.3 is 9.80 Å². The van der Waals surface area contributed by atoms with Crippen molar-refractivity contribution in [1.29, 1.82) is 0 Å². The van der Waals surface area contributed by atoms with E-state index < -0.39 is 58.2 Å². The Kier molecular flexibility index (Phi) is 12.2. The Morgan fingerprint density at radius 2 is 0.513 bits per heavy atom. The van der Waals surface area contributed by atoms with Crippen LogP contribution in [0.4, 0.5) is 78.0 Å². The molecule has 0 spiro atoms. The van der Waals surface area contributed by atoms with Crippen molar-refractivity contribution in [3.8, 4) is 44.5 Å². The Morgan fingerprint density at radius 3 is 0.808 bits per heavy atom. The third kappa shape index (κ3) is 9.18. The molecule has 0 aliphatic heterocycles. The molecule has 0 saturated heterocycles. The van der Waals surface area contributed by atoms with E-state index in [9.17, 15) is 35.1 Å². The van der Waals surface area contributed by atoms with Crippen molar-refractivity contribution in [2.75, 3.05) is 9.80 Å². The molecule has 0 aliphatic rings. The maximum absolute atomic E-state index is 16.8. The minimum atomic E-state index is -0.873. The van der Waals surface area contributed by atoms with Gasteiger partial charge in [0.25, 0.3) is 0 Å². The summed E-state index contributed by atoms with van der Waals surface area (Å²) >= 11 is 0. The van der Waals surface area contributed by atoms with Crippen molar-refractivity contribution in [1.82, 2.24) is 0 Å². The van der Waals surface area contributed by atoms with Crippen molar-refractivity contribution in [2.24, 2.45) is 0 Å². The van der Waals surface area contributed by atoms with Gasteiger partial charge in [-0.2, -0.15) is 0 Å². The Hall–Kier alpha value is -9.42. The molecule has 12 aromatic rings. The third-order valence-corrected chi connectivity index (χ3v) is 13.9. The summed E-state index contributed by atoms with van der Waals surface area (Å²) in [6, 6.07) is 45.2. The summed E-state index contributed by atoms with van der Waals surface area (Å²) in [5.41, 5.74) is 4.20. The lowest BCUT2D eigenvalue weighted by Gasteiger charge is -2.30. The van der Waals surface area contributed by atoms with Gasteiger partial charge in [0, 0.05) is 46.4 Å². The van der Waals surface area contributed by atoms with Crippen LogP contribution in [0, 0.1) is 72.0 Å². The fraction of sp³-hybridized carbons (Fsp3) is 0.0303. The molecule has 12 rings (SSSR count). The molecule has 0 amide bonds. The minimum absolute atomic E-state index is 0.0674. The number of benzene rings is 12. The van der Waals surface area contributed by atoms with E-state index in [1.165, 1.54) is 24.3 Å². The van der Waals surface area contributed by atoms with E-state index >= 15 is 8.78 Å². The van der Waals surface area contributed by atoms with Crippen LogP contribution in [0.2, 0.25) is 0 Å². The normalized spacial score (nSPS) is 11.6. The van der Waals surface area contributed by atoms with Crippen LogP contribution in [0.25, 0.3) is 76.8 Å². The molecule has 12 heteroatoms. The first-order valence-corrected chi connectivity index (χ1v) is 24.5. The molecule has 0 bridgehead atoms. The summed E-state index contributed by atoms with van der Waals surface area (Å²) in [4.78, 5) is 3.28. The summed E-state index contributed by atoms with van der Waals surface area (Å²) in [5.74, 6) is -8.27. The van der Waals surface area contributed by atoms with Crippen LogP contribution in [0.5, 0.6) is 0 Å². The van der Waals surface area contributed by atoms with Crippen molar-refractivity contribution in [3.63, 3.8) is 0 Å². The molecular weight excluding hydrogens is 1010 g/mol. The molecular formula is C66H38F10N2. The largest absolute Gasteiger partial charge is 0.307 e. The maximum Gasteiger partial charge on any atom is 0.147 e. The van der Waals surface area contributed by atoms with Crippen LogP contribution in [-0.4, -0.2) is 0 Å². The molecule has 2 nitrogen and oxygen atoms in total. The van der Waals surface area contributed by atoms with E-state index in [1.54, 1.807) is 84.3 Å². The Bertz CT molecular complexity index is 3900. The highest BCUT2D eigenvalue weighted by atomic mass is 19.2. The summed E-state index contributed by atoms with van der Waals surface area (Å²) in [5, 5.41) is 4.02. The zero-order valence-corrected chi connectivity index (χ0v) is 41.1. The number of aryl methyl sites for hydroxylation is 2. The van der Waals surface area contributed by atoms with E-state index in [4.69, 9.17) is 0 Å². The number of hydrogen-bond acceptors (Lipinski definition) is 2. The molecule has 0 heterocycles. The Balaban J connectivity index is 1.13. The lowest BCUT2D eigenvalue weighted by atomic mass is 9.91. The second-order valence-electron chi connectivity index (χ2n) is 19.3. The number of anilines is 6. The highest BCUT2D eigenvalue weighted by molar-refractivity contribution is 6.28. The SMILES string of the molecule is Cc1ccc(F)c(N(c2cc(-c3cc(F)cc(F)c3)cc(-c3cc(F)cc(F)c3)c2)c2ccc3ccc4c(N(c5cc(-c6cc(F)cc(F)c6)cc(-c6cc(F)cc(F)c6)c5)c5cc(C)ccc5F)ccc5ccc2c3c54)c1. The Morgan fingerprint density at radius 1 is 0.244 bits per heavy atom. The van der Waals surface area contributed by atoms with Gasteiger partial charge in [-0.3, -0.25) is 0 Å². The van der Waals surface area contributed by atoms with Gasteiger partial charge in [-0.25, -0.2) is 43.9 Å². The third-order valence-electron chi connectivity index (χ3n) is 13.9. The molecule has 12 aromatic carbocycles. The number of nitrogens with zero attached hydrogens (tertiary/aromatic N) is 2. The standard InChI is InChI=1S/C66H38F10N2/c1-35-3-11-59(75)63(15-35)77(55-27-39(43-19-47(67)31-48(68)20-43)17-40(28-55)44-21-49(69)32-50(70)22-44)61-13-7-37-6-10-58-62(14-8-38-5-9-57(61)65(37)66(38)58)78(64-16-36(2)4-12-60(64)76)56-29-41(45-23-51(71)33-52(72)24-45)18-42(30-56)46-25-53(73)34-54(74)26-46/h3-34H,1-2H3. The molecule has 0 aliphatic carbocycles. The van der Waals surface area contributed by atoms with E-state index in [1.807, 2.05) is 36.4 Å². The summed E-state index contributed by atoms with van der Waals surface area (Å²) in [6.45, 7) is 3.57. The lowest BCUT2D eigenvalue weighted by molar-refractivity contribution is 0.583. The predicted molar refractivity (Wildman–Crippen MR) is 290 cm³/mol. The van der Waals surface area contributed by atoms with E-state index in [-0.39, 0.29) is 67.3 Å². The van der Waals surface area contributed by atoms with Gasteiger partial charge >= 0.3 is 0 Å². The van der Waals surface area contributed by atoms with Crippen LogP contribution in [0.3, 0.4) is 0 Å². The molecule has 0 aromatic heterocycles. The predicted octanol–water partition coefficient (Wildman–Crippen LogP) is 20.2. The van der Waals surface area contributed by atoms with Gasteiger partial charge in [-0.05, 0) is 212 Å².